The molecule has 1 unspecified atom stereocenters. The number of rotatable bonds is 9. The second-order valence-corrected chi connectivity index (χ2v) is 5.10. The predicted molar refractivity (Wildman–Crippen MR) is 79.2 cm³/mol. The molecule has 0 saturated heterocycles. The fourth-order valence-corrected chi connectivity index (χ4v) is 2.37. The molecule has 2 rings (SSSR count). The number of carbonyl (C=O) groups is 1. The maximum atomic E-state index is 11.6. The fourth-order valence-electron chi connectivity index (χ4n) is 2.37. The van der Waals surface area contributed by atoms with Crippen molar-refractivity contribution in [2.75, 3.05) is 40.1 Å². The minimum absolute atomic E-state index is 0.0614. The predicted octanol–water partition coefficient (Wildman–Crippen LogP) is 1.85. The number of methoxy groups -OCH3 is 1. The molecule has 1 aliphatic rings. The van der Waals surface area contributed by atoms with Crippen LogP contribution in [-0.4, -0.2) is 51.2 Å². The number of esters is 1. The van der Waals surface area contributed by atoms with Gasteiger partial charge in [-0.3, -0.25) is 4.79 Å². The molecule has 0 radical (unpaired) electrons. The number of phenolic OH excluding ortho intramolecular Hbond substituents is 1. The van der Waals surface area contributed by atoms with E-state index in [1.54, 1.807) is 19.2 Å². The summed E-state index contributed by atoms with van der Waals surface area (Å²) in [5.41, 5.74) is 0.942. The summed E-state index contributed by atoms with van der Waals surface area (Å²) in [6.07, 6.45) is 1.07. The number of benzene rings is 1. The highest BCUT2D eigenvalue weighted by Gasteiger charge is 2.27. The van der Waals surface area contributed by atoms with Crippen molar-refractivity contribution in [2.24, 2.45) is 0 Å². The van der Waals surface area contributed by atoms with E-state index in [0.717, 1.165) is 12.0 Å². The first-order valence-corrected chi connectivity index (χ1v) is 7.38. The Morgan fingerprint density at radius 2 is 1.91 bits per heavy atom. The van der Waals surface area contributed by atoms with Crippen molar-refractivity contribution in [3.8, 4) is 11.5 Å². The van der Waals surface area contributed by atoms with Crippen LogP contribution in [0.3, 0.4) is 0 Å². The molecule has 0 bridgehead atoms. The Morgan fingerprint density at radius 1 is 1.18 bits per heavy atom. The average molecular weight is 310 g/mol. The Morgan fingerprint density at radius 3 is 2.68 bits per heavy atom. The number of carbonyl (C=O) groups excluding carboxylic acids is 1. The molecule has 1 N–H and O–H groups in total. The van der Waals surface area contributed by atoms with Crippen molar-refractivity contribution in [1.29, 1.82) is 0 Å². The van der Waals surface area contributed by atoms with E-state index in [0.29, 0.717) is 45.2 Å². The summed E-state index contributed by atoms with van der Waals surface area (Å²) in [6, 6.07) is 4.88. The number of aromatic hydroxyl groups is 1. The molecule has 0 fully saturated rings. The molecule has 1 aromatic carbocycles. The van der Waals surface area contributed by atoms with Gasteiger partial charge in [0.15, 0.2) is 0 Å². The van der Waals surface area contributed by atoms with Crippen LogP contribution in [0.5, 0.6) is 11.5 Å². The first-order chi connectivity index (χ1) is 10.7. The summed E-state index contributed by atoms with van der Waals surface area (Å²) in [4.78, 5) is 11.6. The lowest BCUT2D eigenvalue weighted by Crippen LogP contribution is -2.21. The average Bonchev–Trinajstić information content (AvgIpc) is 2.49. The van der Waals surface area contributed by atoms with Gasteiger partial charge in [-0.15, -0.1) is 0 Å². The number of fused-ring (bicyclic) bond motifs is 1. The molecule has 0 spiro atoms. The van der Waals surface area contributed by atoms with Crippen LogP contribution in [0.4, 0.5) is 0 Å². The number of hydrogen-bond donors (Lipinski definition) is 1. The lowest BCUT2D eigenvalue weighted by Gasteiger charge is -2.24. The van der Waals surface area contributed by atoms with E-state index in [1.807, 2.05) is 0 Å². The van der Waals surface area contributed by atoms with E-state index in [4.69, 9.17) is 18.9 Å². The van der Waals surface area contributed by atoms with Crippen LogP contribution in [0.1, 0.15) is 24.3 Å². The third-order valence-corrected chi connectivity index (χ3v) is 3.49. The van der Waals surface area contributed by atoms with Gasteiger partial charge in [0.25, 0.3) is 0 Å². The summed E-state index contributed by atoms with van der Waals surface area (Å²) >= 11 is 0. The van der Waals surface area contributed by atoms with Gasteiger partial charge in [0.2, 0.25) is 0 Å². The molecule has 0 saturated carbocycles. The smallest absolute Gasteiger partial charge is 0.311 e. The second kappa shape index (κ2) is 8.73. The largest absolute Gasteiger partial charge is 0.508 e. The normalized spacial score (nSPS) is 17.1. The second-order valence-electron chi connectivity index (χ2n) is 5.10. The van der Waals surface area contributed by atoms with E-state index in [9.17, 15) is 9.90 Å². The minimum Gasteiger partial charge on any atom is -0.508 e. The van der Waals surface area contributed by atoms with E-state index in [1.165, 1.54) is 6.07 Å². The van der Waals surface area contributed by atoms with Gasteiger partial charge in [0.05, 0.1) is 32.8 Å². The number of hydrogen-bond acceptors (Lipinski definition) is 6. The lowest BCUT2D eigenvalue weighted by atomic mass is 9.90. The molecule has 1 aliphatic heterocycles. The topological polar surface area (TPSA) is 74.2 Å². The Labute approximate surface area is 129 Å². The van der Waals surface area contributed by atoms with Crippen LogP contribution in [-0.2, 0) is 19.0 Å². The van der Waals surface area contributed by atoms with Crippen LogP contribution >= 0.6 is 0 Å². The zero-order chi connectivity index (χ0) is 15.8. The summed E-state index contributed by atoms with van der Waals surface area (Å²) in [5, 5.41) is 9.46. The van der Waals surface area contributed by atoms with Gasteiger partial charge in [0, 0.05) is 25.7 Å². The Bertz CT molecular complexity index is 488. The van der Waals surface area contributed by atoms with Gasteiger partial charge in [-0.2, -0.15) is 0 Å². The monoisotopic (exact) mass is 310 g/mol. The summed E-state index contributed by atoms with van der Waals surface area (Å²) < 4.78 is 20.9. The van der Waals surface area contributed by atoms with Gasteiger partial charge < -0.3 is 24.1 Å². The lowest BCUT2D eigenvalue weighted by molar-refractivity contribution is -0.136. The quantitative estimate of drug-likeness (QED) is 0.426. The third-order valence-electron chi connectivity index (χ3n) is 3.49. The van der Waals surface area contributed by atoms with Gasteiger partial charge in [-0.1, -0.05) is 6.07 Å². The molecule has 0 aromatic heterocycles. The van der Waals surface area contributed by atoms with Crippen molar-refractivity contribution in [3.05, 3.63) is 23.8 Å². The molecule has 0 amide bonds. The molecule has 1 heterocycles. The van der Waals surface area contributed by atoms with E-state index in [-0.39, 0.29) is 17.6 Å². The Hall–Kier alpha value is -1.63. The molecule has 0 aliphatic carbocycles. The van der Waals surface area contributed by atoms with Crippen molar-refractivity contribution in [2.45, 2.75) is 18.8 Å². The molecule has 6 heteroatoms. The molecule has 6 nitrogen and oxygen atoms in total. The number of phenols is 1. The fraction of sp³-hybridized carbons (Fsp3) is 0.562. The first-order valence-electron chi connectivity index (χ1n) is 7.38. The van der Waals surface area contributed by atoms with Crippen LogP contribution in [0.25, 0.3) is 0 Å². The van der Waals surface area contributed by atoms with Crippen LogP contribution in [0.15, 0.2) is 18.2 Å². The van der Waals surface area contributed by atoms with Crippen LogP contribution in [0, 0.1) is 0 Å². The van der Waals surface area contributed by atoms with Crippen LogP contribution < -0.4 is 4.74 Å². The van der Waals surface area contributed by atoms with Gasteiger partial charge in [-0.05, 0) is 18.1 Å². The van der Waals surface area contributed by atoms with Gasteiger partial charge >= 0.3 is 5.97 Å². The molecule has 22 heavy (non-hydrogen) atoms. The van der Waals surface area contributed by atoms with E-state index >= 15 is 0 Å². The number of ether oxygens (including phenoxy) is 4. The van der Waals surface area contributed by atoms with Gasteiger partial charge in [-0.25, -0.2) is 0 Å². The van der Waals surface area contributed by atoms with Crippen molar-refractivity contribution in [3.63, 3.8) is 0 Å². The summed E-state index contributed by atoms with van der Waals surface area (Å²) in [6.45, 7) is 2.73. The summed E-state index contributed by atoms with van der Waals surface area (Å²) in [7, 11) is 1.63. The zero-order valence-electron chi connectivity index (χ0n) is 12.7. The maximum absolute atomic E-state index is 11.6. The zero-order valence-corrected chi connectivity index (χ0v) is 12.7. The molecule has 1 atom stereocenters. The standard InChI is InChI=1S/C16H22O6/c1-19-6-7-21-9-8-20-5-4-12-10-16(18)22-15-11-13(17)2-3-14(12)15/h2-3,11-12,17H,4-10H2,1H3. The van der Waals surface area contributed by atoms with Crippen molar-refractivity contribution >= 4 is 5.97 Å². The summed E-state index contributed by atoms with van der Waals surface area (Å²) in [5.74, 6) is 0.332. The van der Waals surface area contributed by atoms with Crippen molar-refractivity contribution in [1.82, 2.24) is 0 Å². The van der Waals surface area contributed by atoms with Crippen molar-refractivity contribution < 1.29 is 28.8 Å². The minimum atomic E-state index is -0.272. The molecular formula is C16H22O6. The highest BCUT2D eigenvalue weighted by atomic mass is 16.5. The Kier molecular flexibility index (Phi) is 6.64. The SMILES string of the molecule is COCCOCCOCCC1CC(=O)Oc2cc(O)ccc21. The maximum Gasteiger partial charge on any atom is 0.311 e. The Balaban J connectivity index is 1.73. The first kappa shape index (κ1) is 16.7. The highest BCUT2D eigenvalue weighted by molar-refractivity contribution is 5.76. The van der Waals surface area contributed by atoms with E-state index < -0.39 is 0 Å². The third kappa shape index (κ3) is 4.98. The molecule has 1 aromatic rings. The molecular weight excluding hydrogens is 288 g/mol. The highest BCUT2D eigenvalue weighted by Crippen LogP contribution is 2.38. The van der Waals surface area contributed by atoms with Gasteiger partial charge in [0.1, 0.15) is 11.5 Å². The van der Waals surface area contributed by atoms with Crippen LogP contribution in [0.2, 0.25) is 0 Å². The van der Waals surface area contributed by atoms with E-state index in [2.05, 4.69) is 0 Å². The molecule has 122 valence electrons.